The molecule has 0 radical (unpaired) electrons. The molecule has 4 aromatic rings. The summed E-state index contributed by atoms with van der Waals surface area (Å²) in [6.45, 7) is 1.11. The molecule has 1 N–H and O–H groups in total. The molecule has 1 fully saturated rings. The quantitative estimate of drug-likeness (QED) is 0.345. The van der Waals surface area contributed by atoms with E-state index in [2.05, 4.69) is 5.32 Å². The maximum absolute atomic E-state index is 14.9. The summed E-state index contributed by atoms with van der Waals surface area (Å²) in [7, 11) is 0. The molecule has 1 saturated carbocycles. The van der Waals surface area contributed by atoms with Gasteiger partial charge in [-0.25, -0.2) is 17.6 Å². The van der Waals surface area contributed by atoms with Crippen LogP contribution in [0.1, 0.15) is 46.1 Å². The zero-order valence-corrected chi connectivity index (χ0v) is 19.3. The Labute approximate surface area is 204 Å². The van der Waals surface area contributed by atoms with Crippen molar-refractivity contribution in [3.8, 4) is 0 Å². The molecule has 1 atom stereocenters. The third kappa shape index (κ3) is 4.39. The van der Waals surface area contributed by atoms with Crippen LogP contribution in [0.15, 0.2) is 65.5 Å². The molecule has 3 aromatic carbocycles. The second-order valence-corrected chi connectivity index (χ2v) is 9.09. The molecule has 0 saturated heterocycles. The first kappa shape index (κ1) is 23.8. The van der Waals surface area contributed by atoms with Crippen molar-refractivity contribution >= 4 is 16.7 Å². The Bertz CT molecular complexity index is 1560. The number of hydrogen-bond acceptors (Lipinski definition) is 2. The van der Waals surface area contributed by atoms with Crippen molar-refractivity contribution in [2.75, 3.05) is 0 Å². The molecule has 0 unspecified atom stereocenters. The maximum atomic E-state index is 14.9. The lowest BCUT2D eigenvalue weighted by Crippen LogP contribution is -2.34. The highest BCUT2D eigenvalue weighted by Gasteiger charge is 2.34. The summed E-state index contributed by atoms with van der Waals surface area (Å²) in [4.78, 5) is 26.9. The molecular formula is C28H22F4N2O2. The van der Waals surface area contributed by atoms with Gasteiger partial charge in [0.25, 0.3) is 11.5 Å². The van der Waals surface area contributed by atoms with Crippen molar-refractivity contribution in [3.05, 3.63) is 117 Å². The first-order valence-corrected chi connectivity index (χ1v) is 11.6. The fourth-order valence-electron chi connectivity index (χ4n) is 4.70. The van der Waals surface area contributed by atoms with Crippen molar-refractivity contribution in [2.24, 2.45) is 5.92 Å². The number of hydrogen-bond donors (Lipinski definition) is 1. The lowest BCUT2D eigenvalue weighted by Gasteiger charge is -2.22. The van der Waals surface area contributed by atoms with E-state index in [0.717, 1.165) is 41.7 Å². The van der Waals surface area contributed by atoms with E-state index in [0.29, 0.717) is 5.56 Å². The summed E-state index contributed by atoms with van der Waals surface area (Å²) in [5.41, 5.74) is -0.0484. The number of carbonyl (C=O) groups is 1. The second-order valence-electron chi connectivity index (χ2n) is 9.09. The largest absolute Gasteiger partial charge is 0.345 e. The highest BCUT2D eigenvalue weighted by atomic mass is 19.1. The monoisotopic (exact) mass is 494 g/mol. The molecule has 0 bridgehead atoms. The average molecular weight is 494 g/mol. The van der Waals surface area contributed by atoms with Gasteiger partial charge in [-0.05, 0) is 67.6 Å². The minimum absolute atomic E-state index is 0.0444. The summed E-state index contributed by atoms with van der Waals surface area (Å²) in [5.74, 6) is -3.14. The number of rotatable bonds is 6. The van der Waals surface area contributed by atoms with Crippen LogP contribution in [0.4, 0.5) is 17.6 Å². The fraction of sp³-hybridized carbons (Fsp3) is 0.214. The molecule has 0 aliphatic heterocycles. The third-order valence-corrected chi connectivity index (χ3v) is 6.66. The van der Waals surface area contributed by atoms with Gasteiger partial charge in [0.15, 0.2) is 0 Å². The summed E-state index contributed by atoms with van der Waals surface area (Å²) < 4.78 is 58.0. The van der Waals surface area contributed by atoms with Crippen molar-refractivity contribution in [1.82, 2.24) is 9.88 Å². The molecule has 5 rings (SSSR count). The van der Waals surface area contributed by atoms with E-state index in [1.54, 1.807) is 12.1 Å². The average Bonchev–Trinajstić information content (AvgIpc) is 3.67. The van der Waals surface area contributed by atoms with Crippen LogP contribution in [0.25, 0.3) is 10.8 Å². The Balaban J connectivity index is 1.64. The highest BCUT2D eigenvalue weighted by molar-refractivity contribution is 6.08. The van der Waals surface area contributed by atoms with Crippen LogP contribution in [0.2, 0.25) is 0 Å². The second kappa shape index (κ2) is 9.26. The zero-order chi connectivity index (χ0) is 25.6. The van der Waals surface area contributed by atoms with Gasteiger partial charge in [-0.3, -0.25) is 9.59 Å². The van der Waals surface area contributed by atoms with Gasteiger partial charge in [0.1, 0.15) is 23.3 Å². The summed E-state index contributed by atoms with van der Waals surface area (Å²) in [6.07, 6.45) is 1.71. The van der Waals surface area contributed by atoms with E-state index in [1.165, 1.54) is 31.2 Å². The molecule has 1 aliphatic rings. The van der Waals surface area contributed by atoms with Crippen LogP contribution in [-0.2, 0) is 6.54 Å². The predicted octanol–water partition coefficient (Wildman–Crippen LogP) is 5.80. The van der Waals surface area contributed by atoms with Crippen molar-refractivity contribution in [2.45, 2.75) is 32.4 Å². The van der Waals surface area contributed by atoms with E-state index in [1.807, 2.05) is 0 Å². The Morgan fingerprint density at radius 2 is 1.69 bits per heavy atom. The number of amides is 1. The zero-order valence-electron chi connectivity index (χ0n) is 19.3. The van der Waals surface area contributed by atoms with E-state index >= 15 is 0 Å². The van der Waals surface area contributed by atoms with Crippen LogP contribution in [0, 0.1) is 36.1 Å². The Morgan fingerprint density at radius 3 is 2.42 bits per heavy atom. The summed E-state index contributed by atoms with van der Waals surface area (Å²) >= 11 is 0. The molecule has 1 amide bonds. The molecule has 0 spiro atoms. The lowest BCUT2D eigenvalue weighted by atomic mass is 9.99. The number of halogens is 4. The number of nitrogens with one attached hydrogen (secondary N) is 1. The normalized spacial score (nSPS) is 14.1. The first-order chi connectivity index (χ1) is 17.2. The number of benzene rings is 3. The van der Waals surface area contributed by atoms with Gasteiger partial charge in [0.05, 0.1) is 23.5 Å². The van der Waals surface area contributed by atoms with Crippen LogP contribution in [-0.4, -0.2) is 10.5 Å². The summed E-state index contributed by atoms with van der Waals surface area (Å²) in [5, 5.41) is 2.74. The van der Waals surface area contributed by atoms with E-state index < -0.39 is 47.3 Å². The van der Waals surface area contributed by atoms with Crippen LogP contribution in [0.5, 0.6) is 0 Å². The minimum Gasteiger partial charge on any atom is -0.345 e. The smallest absolute Gasteiger partial charge is 0.261 e. The molecular weight excluding hydrogens is 472 g/mol. The van der Waals surface area contributed by atoms with Gasteiger partial charge in [0, 0.05) is 16.6 Å². The van der Waals surface area contributed by atoms with Gasteiger partial charge in [-0.2, -0.15) is 0 Å². The predicted molar refractivity (Wildman–Crippen MR) is 128 cm³/mol. The first-order valence-electron chi connectivity index (χ1n) is 11.6. The Kier molecular flexibility index (Phi) is 6.12. The number of aromatic nitrogens is 1. The number of nitrogens with zero attached hydrogens (tertiary/aromatic N) is 1. The molecule has 1 heterocycles. The maximum Gasteiger partial charge on any atom is 0.261 e. The van der Waals surface area contributed by atoms with Crippen molar-refractivity contribution in [1.29, 1.82) is 0 Å². The third-order valence-electron chi connectivity index (χ3n) is 6.66. The van der Waals surface area contributed by atoms with Crippen LogP contribution in [0.3, 0.4) is 0 Å². The fourth-order valence-corrected chi connectivity index (χ4v) is 4.70. The molecule has 36 heavy (non-hydrogen) atoms. The molecule has 184 valence electrons. The molecule has 1 aliphatic carbocycles. The van der Waals surface area contributed by atoms with Gasteiger partial charge in [-0.15, -0.1) is 0 Å². The Hall–Kier alpha value is -3.94. The van der Waals surface area contributed by atoms with Crippen LogP contribution >= 0.6 is 0 Å². The molecule has 4 nitrogen and oxygen atoms in total. The van der Waals surface area contributed by atoms with Crippen molar-refractivity contribution < 1.29 is 22.4 Å². The van der Waals surface area contributed by atoms with E-state index in [9.17, 15) is 27.2 Å². The number of fused-ring (bicyclic) bond motifs is 1. The molecule has 8 heteroatoms. The van der Waals surface area contributed by atoms with Crippen molar-refractivity contribution in [3.63, 3.8) is 0 Å². The SMILES string of the molecule is Cc1c(C(=O)N[C@H](c2cccc(F)c2)C2CC2)c2cccc(F)c2c(=O)n1Cc1cc(F)ccc1F. The van der Waals surface area contributed by atoms with Gasteiger partial charge in [-0.1, -0.05) is 24.3 Å². The highest BCUT2D eigenvalue weighted by Crippen LogP contribution is 2.41. The Morgan fingerprint density at radius 1 is 0.972 bits per heavy atom. The minimum atomic E-state index is -0.830. The van der Waals surface area contributed by atoms with Gasteiger partial charge in [0.2, 0.25) is 0 Å². The van der Waals surface area contributed by atoms with E-state index in [4.69, 9.17) is 0 Å². The lowest BCUT2D eigenvalue weighted by molar-refractivity contribution is 0.0931. The molecule has 1 aromatic heterocycles. The van der Waals surface area contributed by atoms with Crippen LogP contribution < -0.4 is 10.9 Å². The van der Waals surface area contributed by atoms with Gasteiger partial charge < -0.3 is 9.88 Å². The number of carbonyl (C=O) groups excluding carboxylic acids is 1. The summed E-state index contributed by atoms with van der Waals surface area (Å²) in [6, 6.07) is 12.3. The topological polar surface area (TPSA) is 51.1 Å². The standard InChI is InChI=1S/C28H22F4N2O2/c1-15-24(27(35)33-26(16-8-9-16)17-4-2-5-19(29)12-17)21-6-3-7-23(32)25(21)28(36)34(15)14-18-13-20(30)10-11-22(18)31/h2-7,10-13,16,26H,8-9,14H2,1H3,(H,33,35)/t26-/m0/s1. The van der Waals surface area contributed by atoms with E-state index in [-0.39, 0.29) is 33.5 Å². The number of pyridine rings is 1. The van der Waals surface area contributed by atoms with Gasteiger partial charge >= 0.3 is 0 Å².